The Balaban J connectivity index is 1.79. The van der Waals surface area contributed by atoms with E-state index in [0.29, 0.717) is 19.0 Å². The summed E-state index contributed by atoms with van der Waals surface area (Å²) in [5, 5.41) is 9.40. The number of carboxylic acid groups (broad SMARTS) is 1. The molecule has 4 rings (SSSR count). The van der Waals surface area contributed by atoms with Crippen LogP contribution in [0.3, 0.4) is 0 Å². The van der Waals surface area contributed by atoms with E-state index in [4.69, 9.17) is 14.2 Å². The van der Waals surface area contributed by atoms with Crippen LogP contribution >= 0.6 is 0 Å². The van der Waals surface area contributed by atoms with E-state index in [1.165, 1.54) is 6.20 Å². The number of hydrogen-bond acceptors (Lipinski definition) is 6. The summed E-state index contributed by atoms with van der Waals surface area (Å²) in [5.74, 6) is -0.631. The molecule has 2 aromatic heterocycles. The third-order valence-corrected chi connectivity index (χ3v) is 4.39. The van der Waals surface area contributed by atoms with Gasteiger partial charge in [-0.05, 0) is 20.3 Å². The predicted molar refractivity (Wildman–Crippen MR) is 82.3 cm³/mol. The van der Waals surface area contributed by atoms with Crippen molar-refractivity contribution in [2.45, 2.75) is 44.5 Å². The highest BCUT2D eigenvalue weighted by Gasteiger charge is 2.47. The van der Waals surface area contributed by atoms with Crippen molar-refractivity contribution in [1.82, 2.24) is 14.4 Å². The first-order valence-electron chi connectivity index (χ1n) is 8.02. The molecule has 2 atom stereocenters. The summed E-state index contributed by atoms with van der Waals surface area (Å²) in [6.07, 6.45) is 4.92. The van der Waals surface area contributed by atoms with Crippen molar-refractivity contribution >= 4 is 11.7 Å². The van der Waals surface area contributed by atoms with Crippen LogP contribution in [0, 0.1) is 0 Å². The molecule has 2 fully saturated rings. The molecule has 2 bridgehead atoms. The molecule has 0 unspecified atom stereocenters. The highest BCUT2D eigenvalue weighted by atomic mass is 16.6. The number of hydrogen-bond donors (Lipinski definition) is 1. The topological polar surface area (TPSA) is 95.2 Å². The van der Waals surface area contributed by atoms with Crippen LogP contribution in [0.15, 0.2) is 12.4 Å². The zero-order valence-electron chi connectivity index (χ0n) is 13.6. The maximum atomic E-state index is 11.5. The molecule has 24 heavy (non-hydrogen) atoms. The highest BCUT2D eigenvalue weighted by molar-refractivity contribution is 5.90. The quantitative estimate of drug-likeness (QED) is 0.908. The number of aromatic nitrogens is 3. The second-order valence-corrected chi connectivity index (χ2v) is 6.53. The van der Waals surface area contributed by atoms with Gasteiger partial charge in [0.05, 0.1) is 31.1 Å². The van der Waals surface area contributed by atoms with E-state index < -0.39 is 11.6 Å². The van der Waals surface area contributed by atoms with Gasteiger partial charge in [-0.1, -0.05) is 0 Å². The Morgan fingerprint density at radius 1 is 1.46 bits per heavy atom. The van der Waals surface area contributed by atoms with Gasteiger partial charge >= 0.3 is 5.97 Å². The molecule has 0 radical (unpaired) electrons. The largest absolute Gasteiger partial charge is 0.477 e. The summed E-state index contributed by atoms with van der Waals surface area (Å²) in [6, 6.07) is 0. The lowest BCUT2D eigenvalue weighted by Crippen LogP contribution is -2.34. The fourth-order valence-corrected chi connectivity index (χ4v) is 3.25. The van der Waals surface area contributed by atoms with Gasteiger partial charge in [-0.15, -0.1) is 0 Å². The Morgan fingerprint density at radius 3 is 3.04 bits per heavy atom. The first-order chi connectivity index (χ1) is 11.5. The van der Waals surface area contributed by atoms with Crippen LogP contribution in [0.2, 0.25) is 0 Å². The molecule has 2 aliphatic heterocycles. The molecule has 0 spiro atoms. The zero-order chi connectivity index (χ0) is 16.9. The monoisotopic (exact) mass is 333 g/mol. The normalized spacial score (nSPS) is 26.2. The first kappa shape index (κ1) is 15.3. The Bertz CT molecular complexity index is 798. The third-order valence-electron chi connectivity index (χ3n) is 4.39. The van der Waals surface area contributed by atoms with Crippen molar-refractivity contribution in [3.8, 4) is 5.88 Å². The minimum absolute atomic E-state index is 0.00256. The lowest BCUT2D eigenvalue weighted by Gasteiger charge is -2.29. The van der Waals surface area contributed by atoms with E-state index >= 15 is 0 Å². The van der Waals surface area contributed by atoms with E-state index in [0.717, 1.165) is 18.5 Å². The van der Waals surface area contributed by atoms with Crippen molar-refractivity contribution in [1.29, 1.82) is 0 Å². The molecule has 2 aromatic rings. The molecular formula is C16H19N3O5. The van der Waals surface area contributed by atoms with Gasteiger partial charge < -0.3 is 19.3 Å². The number of ether oxygens (including phenoxy) is 3. The molecule has 8 heteroatoms. The lowest BCUT2D eigenvalue weighted by molar-refractivity contribution is -0.0597. The Hall–Kier alpha value is -2.19. The van der Waals surface area contributed by atoms with E-state index in [1.807, 2.05) is 13.8 Å². The van der Waals surface area contributed by atoms with Crippen LogP contribution in [-0.2, 0) is 15.1 Å². The number of rotatable bonds is 4. The predicted octanol–water partition coefficient (Wildman–Crippen LogP) is 1.62. The average molecular weight is 333 g/mol. The van der Waals surface area contributed by atoms with Gasteiger partial charge in [-0.3, -0.25) is 4.40 Å². The maximum Gasteiger partial charge on any atom is 0.342 e. The number of carbonyl (C=O) groups is 1. The van der Waals surface area contributed by atoms with Crippen molar-refractivity contribution in [2.24, 2.45) is 0 Å². The van der Waals surface area contributed by atoms with Crippen molar-refractivity contribution in [3.63, 3.8) is 0 Å². The van der Waals surface area contributed by atoms with Crippen LogP contribution in [0.1, 0.15) is 42.7 Å². The van der Waals surface area contributed by atoms with Crippen LogP contribution in [0.4, 0.5) is 0 Å². The molecule has 8 nitrogen and oxygen atoms in total. The van der Waals surface area contributed by atoms with E-state index in [1.54, 1.807) is 10.6 Å². The van der Waals surface area contributed by atoms with Gasteiger partial charge in [-0.25, -0.2) is 9.78 Å². The first-order valence-corrected chi connectivity index (χ1v) is 8.02. The standard InChI is InChI=1S/C16H19N3O5/c1-9(2)24-13-11(14(20)21)6-19-7-12(17-15(19)18-13)16-5-10(22-8-16)3-4-23-16/h6-7,9-10H,3-5,8H2,1-2H3,(H,20,21)/t10-,16+/m1/s1. The number of carboxylic acids is 1. The van der Waals surface area contributed by atoms with E-state index in [2.05, 4.69) is 9.97 Å². The molecule has 4 heterocycles. The van der Waals surface area contributed by atoms with Crippen LogP contribution < -0.4 is 4.74 Å². The SMILES string of the molecule is CC(C)Oc1nc2nc([C@]34CO[C@H](CCO3)C4)cn2cc1C(=O)O. The second kappa shape index (κ2) is 5.42. The van der Waals surface area contributed by atoms with Crippen LogP contribution in [0.25, 0.3) is 5.78 Å². The summed E-state index contributed by atoms with van der Waals surface area (Å²) in [6.45, 7) is 4.73. The van der Waals surface area contributed by atoms with Gasteiger partial charge in [-0.2, -0.15) is 4.98 Å². The summed E-state index contributed by atoms with van der Waals surface area (Å²) >= 11 is 0. The summed E-state index contributed by atoms with van der Waals surface area (Å²) in [4.78, 5) is 20.3. The van der Waals surface area contributed by atoms with Crippen molar-refractivity contribution in [2.75, 3.05) is 13.2 Å². The molecular weight excluding hydrogens is 314 g/mol. The van der Waals surface area contributed by atoms with E-state index in [9.17, 15) is 9.90 Å². The fourth-order valence-electron chi connectivity index (χ4n) is 3.25. The molecule has 1 N–H and O–H groups in total. The zero-order valence-corrected chi connectivity index (χ0v) is 13.6. The molecule has 0 saturated carbocycles. The molecule has 0 amide bonds. The number of nitrogens with zero attached hydrogens (tertiary/aromatic N) is 3. The van der Waals surface area contributed by atoms with Crippen molar-refractivity contribution in [3.05, 3.63) is 23.7 Å². The van der Waals surface area contributed by atoms with Gasteiger partial charge in [0.1, 0.15) is 11.2 Å². The summed E-state index contributed by atoms with van der Waals surface area (Å²) < 4.78 is 18.9. The summed E-state index contributed by atoms with van der Waals surface area (Å²) in [5.41, 5.74) is 0.164. The van der Waals surface area contributed by atoms with Gasteiger partial charge in [0.15, 0.2) is 0 Å². The highest BCUT2D eigenvalue weighted by Crippen LogP contribution is 2.41. The Morgan fingerprint density at radius 2 is 2.29 bits per heavy atom. The van der Waals surface area contributed by atoms with E-state index in [-0.39, 0.29) is 23.7 Å². The minimum Gasteiger partial charge on any atom is -0.477 e. The molecule has 2 saturated heterocycles. The summed E-state index contributed by atoms with van der Waals surface area (Å²) in [7, 11) is 0. The minimum atomic E-state index is -1.09. The van der Waals surface area contributed by atoms with Crippen LogP contribution in [0.5, 0.6) is 5.88 Å². The maximum absolute atomic E-state index is 11.5. The third kappa shape index (κ3) is 2.42. The van der Waals surface area contributed by atoms with Gasteiger partial charge in [0.25, 0.3) is 0 Å². The molecule has 0 aromatic carbocycles. The Labute approximate surface area is 138 Å². The molecule has 128 valence electrons. The molecule has 2 aliphatic rings. The average Bonchev–Trinajstić information content (AvgIpc) is 3.07. The van der Waals surface area contributed by atoms with Gasteiger partial charge in [0.2, 0.25) is 11.7 Å². The number of fused-ring (bicyclic) bond motifs is 3. The fraction of sp³-hybridized carbons (Fsp3) is 0.562. The van der Waals surface area contributed by atoms with Crippen molar-refractivity contribution < 1.29 is 24.1 Å². The van der Waals surface area contributed by atoms with Gasteiger partial charge in [0, 0.05) is 18.8 Å². The Kier molecular flexibility index (Phi) is 3.47. The molecule has 0 aliphatic carbocycles. The second-order valence-electron chi connectivity index (χ2n) is 6.53. The smallest absolute Gasteiger partial charge is 0.342 e. The lowest BCUT2D eigenvalue weighted by atomic mass is 9.93. The number of imidazole rings is 1. The van der Waals surface area contributed by atoms with Crippen LogP contribution in [-0.4, -0.2) is 50.9 Å². The number of aromatic carboxylic acids is 1.